The summed E-state index contributed by atoms with van der Waals surface area (Å²) in [4.78, 5) is 91.9. The van der Waals surface area contributed by atoms with Crippen LogP contribution in [0.5, 0.6) is 69.0 Å². The van der Waals surface area contributed by atoms with Crippen LogP contribution in [0.15, 0.2) is 48.5 Å². The Morgan fingerprint density at radius 3 is 0.861 bits per heavy atom. The number of amides is 7. The van der Waals surface area contributed by atoms with Gasteiger partial charge < -0.3 is 98.9 Å². The summed E-state index contributed by atoms with van der Waals surface area (Å²) in [6, 6.07) is 2.85. The average molecular weight is 1010 g/mol. The van der Waals surface area contributed by atoms with E-state index in [9.17, 15) is 94.8 Å². The number of nitrogens with two attached hydrogens (primary N) is 1. The molecule has 7 amide bonds. The number of phenolic OH excluding ortho intramolecular Hbond substituents is 12. The SMILES string of the molecule is NC(=O)[C@@H](CCCCNC(=O)c1cc(O)c(O)c(O)c1)NC(=O)[C@@H](CCCCNC(=O)c1cc(O)c(O)c(O)c1)NC(=O)[C@@H](CCCCNC(=O)c1cc(O)c(O)c(O)c1)NC(=O)c1cc(O)c(O)c(O)c1. The molecule has 3 atom stereocenters. The number of hydrogen-bond acceptors (Lipinski definition) is 19. The van der Waals surface area contributed by atoms with Gasteiger partial charge in [-0.15, -0.1) is 0 Å². The van der Waals surface area contributed by atoms with Crippen molar-refractivity contribution in [3.63, 3.8) is 0 Å². The first-order valence-electron chi connectivity index (χ1n) is 22.0. The minimum atomic E-state index is -1.48. The van der Waals surface area contributed by atoms with E-state index in [1.165, 1.54) is 0 Å². The maximum absolute atomic E-state index is 14.1. The number of primary amides is 1. The van der Waals surface area contributed by atoms with E-state index in [2.05, 4.69) is 31.9 Å². The average Bonchev–Trinajstić information content (AvgIpc) is 3.32. The van der Waals surface area contributed by atoms with Crippen LogP contribution in [0.2, 0.25) is 0 Å². The number of carbonyl (C=O) groups is 7. The topological polar surface area (TPSA) is 460 Å². The number of phenols is 12. The number of benzene rings is 4. The second kappa shape index (κ2) is 25.4. The molecular weight excluding hydrogens is 955 g/mol. The summed E-state index contributed by atoms with van der Waals surface area (Å²) in [5, 5.41) is 132. The fourth-order valence-electron chi connectivity index (χ4n) is 6.88. The predicted octanol–water partition coefficient (Wildman–Crippen LogP) is 0.508. The molecule has 0 spiro atoms. The van der Waals surface area contributed by atoms with Gasteiger partial charge in [-0.3, -0.25) is 33.6 Å². The van der Waals surface area contributed by atoms with Crippen molar-refractivity contribution in [3.8, 4) is 69.0 Å². The molecule has 26 nitrogen and oxygen atoms in total. The van der Waals surface area contributed by atoms with Gasteiger partial charge >= 0.3 is 0 Å². The molecule has 0 aromatic heterocycles. The molecule has 4 aromatic rings. The predicted molar refractivity (Wildman–Crippen MR) is 249 cm³/mol. The van der Waals surface area contributed by atoms with E-state index in [1.807, 2.05) is 0 Å². The second-order valence-electron chi connectivity index (χ2n) is 16.3. The first-order chi connectivity index (χ1) is 34.0. The lowest BCUT2D eigenvalue weighted by Crippen LogP contribution is -2.56. The summed E-state index contributed by atoms with van der Waals surface area (Å²) in [6.45, 7) is -0.0781. The van der Waals surface area contributed by atoms with Crippen LogP contribution in [0.25, 0.3) is 0 Å². The van der Waals surface area contributed by atoms with Crippen molar-refractivity contribution in [2.75, 3.05) is 19.6 Å². The quantitative estimate of drug-likeness (QED) is 0.0318. The maximum Gasteiger partial charge on any atom is 0.252 e. The molecule has 0 saturated heterocycles. The van der Waals surface area contributed by atoms with E-state index < -0.39 is 134 Å². The molecule has 0 aliphatic carbocycles. The van der Waals surface area contributed by atoms with E-state index in [4.69, 9.17) is 5.73 Å². The normalized spacial score (nSPS) is 12.1. The van der Waals surface area contributed by atoms with Crippen molar-refractivity contribution in [2.24, 2.45) is 5.73 Å². The molecule has 4 aromatic carbocycles. The van der Waals surface area contributed by atoms with Crippen LogP contribution in [0.3, 0.4) is 0 Å². The van der Waals surface area contributed by atoms with Gasteiger partial charge in [-0.1, -0.05) is 0 Å². The van der Waals surface area contributed by atoms with Crippen molar-refractivity contribution in [1.29, 1.82) is 0 Å². The number of hydrogen-bond donors (Lipinski definition) is 19. The van der Waals surface area contributed by atoms with Gasteiger partial charge in [0.1, 0.15) is 18.1 Å². The zero-order valence-corrected chi connectivity index (χ0v) is 38.1. The molecule has 4 rings (SSSR count). The van der Waals surface area contributed by atoms with Crippen molar-refractivity contribution in [1.82, 2.24) is 31.9 Å². The molecule has 0 radical (unpaired) electrons. The third-order valence-electron chi connectivity index (χ3n) is 10.9. The smallest absolute Gasteiger partial charge is 0.252 e. The van der Waals surface area contributed by atoms with Crippen molar-refractivity contribution in [2.45, 2.75) is 75.9 Å². The second-order valence-corrected chi connectivity index (χ2v) is 16.3. The van der Waals surface area contributed by atoms with E-state index >= 15 is 0 Å². The fourth-order valence-corrected chi connectivity index (χ4v) is 6.88. The molecule has 0 unspecified atom stereocenters. The fraction of sp³-hybridized carbons (Fsp3) is 0.326. The van der Waals surface area contributed by atoms with Gasteiger partial charge in [0, 0.05) is 41.9 Å². The van der Waals surface area contributed by atoms with E-state index in [1.54, 1.807) is 0 Å². The number of unbranched alkanes of at least 4 members (excludes halogenated alkanes) is 3. The van der Waals surface area contributed by atoms with Gasteiger partial charge in [-0.2, -0.15) is 0 Å². The number of aromatic hydroxyl groups is 12. The standard InChI is InChI=1S/C46H55N7O19/c47-40(66)25(7-1-4-10-48-41(67)21-13-28(54)36(62)29(55)14-21)51-45(71)27(9-3-6-12-50-43(69)23-17-32(58)38(64)33(59)18-23)53-46(72)26(52-44(70)24-19-34(60)39(65)35(61)20-24)8-2-5-11-49-42(68)22-15-30(56)37(63)31(57)16-22/h13-20,25-27,54-65H,1-12H2,(H2,47,66)(H,48,67)(H,49,68)(H,50,69)(H,51,71)(H,52,70)(H,53,72)/t25-,26-,27-/m1/s1. The Balaban J connectivity index is 1.47. The molecule has 388 valence electrons. The zero-order chi connectivity index (χ0) is 53.4. The van der Waals surface area contributed by atoms with Gasteiger partial charge in [0.2, 0.25) is 17.7 Å². The first kappa shape index (κ1) is 55.4. The van der Waals surface area contributed by atoms with Crippen LogP contribution in [0.1, 0.15) is 99.2 Å². The van der Waals surface area contributed by atoms with Gasteiger partial charge in [-0.25, -0.2) is 0 Å². The van der Waals surface area contributed by atoms with Gasteiger partial charge in [0.15, 0.2) is 69.0 Å². The molecule has 0 heterocycles. The first-order valence-corrected chi connectivity index (χ1v) is 22.0. The molecule has 0 aliphatic heterocycles. The monoisotopic (exact) mass is 1010 g/mol. The molecule has 72 heavy (non-hydrogen) atoms. The third kappa shape index (κ3) is 15.4. The Bertz CT molecular complexity index is 2590. The minimum absolute atomic E-state index is 0.0152. The highest BCUT2D eigenvalue weighted by Gasteiger charge is 2.30. The number of carbonyl (C=O) groups excluding carboxylic acids is 7. The molecule has 0 saturated carbocycles. The number of rotatable bonds is 25. The summed E-state index contributed by atoms with van der Waals surface area (Å²) < 4.78 is 0. The van der Waals surface area contributed by atoms with Crippen molar-refractivity contribution < 1.29 is 94.8 Å². The Morgan fingerprint density at radius 1 is 0.347 bits per heavy atom. The lowest BCUT2D eigenvalue weighted by Gasteiger charge is -2.25. The van der Waals surface area contributed by atoms with Crippen molar-refractivity contribution in [3.05, 3.63) is 70.8 Å². The van der Waals surface area contributed by atoms with Gasteiger partial charge in [0.05, 0.1) is 0 Å². The summed E-state index contributed by atoms with van der Waals surface area (Å²) in [5.74, 6) is -15.7. The zero-order valence-electron chi connectivity index (χ0n) is 38.1. The molecular formula is C46H55N7O19. The van der Waals surface area contributed by atoms with Crippen LogP contribution in [-0.2, 0) is 14.4 Å². The Labute approximate surface area is 408 Å². The number of nitrogens with one attached hydrogen (secondary N) is 6. The van der Waals surface area contributed by atoms with Crippen molar-refractivity contribution >= 4 is 41.4 Å². The molecule has 26 heteroatoms. The lowest BCUT2D eigenvalue weighted by atomic mass is 10.0. The van der Waals surface area contributed by atoms with Gasteiger partial charge in [0.25, 0.3) is 23.6 Å². The summed E-state index contributed by atoms with van der Waals surface area (Å²) >= 11 is 0. The summed E-state index contributed by atoms with van der Waals surface area (Å²) in [6.07, 6.45) is 0.491. The van der Waals surface area contributed by atoms with Crippen LogP contribution in [-0.4, -0.2) is 140 Å². The van der Waals surface area contributed by atoms with E-state index in [0.29, 0.717) is 0 Å². The molecule has 0 fully saturated rings. The highest BCUT2D eigenvalue weighted by Crippen LogP contribution is 2.38. The Kier molecular flexibility index (Phi) is 19.5. The van der Waals surface area contributed by atoms with Crippen LogP contribution in [0.4, 0.5) is 0 Å². The Hall–Kier alpha value is -9.23. The Morgan fingerprint density at radius 2 is 0.583 bits per heavy atom. The maximum atomic E-state index is 14.1. The lowest BCUT2D eigenvalue weighted by molar-refractivity contribution is -0.132. The van der Waals surface area contributed by atoms with E-state index in [-0.39, 0.29) is 94.1 Å². The minimum Gasteiger partial charge on any atom is -0.504 e. The van der Waals surface area contributed by atoms with Crippen LogP contribution < -0.4 is 37.6 Å². The van der Waals surface area contributed by atoms with Crippen LogP contribution in [0, 0.1) is 0 Å². The summed E-state index contributed by atoms with van der Waals surface area (Å²) in [7, 11) is 0. The highest BCUT2D eigenvalue weighted by molar-refractivity contribution is 6.00. The molecule has 0 bridgehead atoms. The van der Waals surface area contributed by atoms with Gasteiger partial charge in [-0.05, 0) is 106 Å². The molecule has 20 N–H and O–H groups in total. The summed E-state index contributed by atoms with van der Waals surface area (Å²) in [5.41, 5.74) is 4.67. The van der Waals surface area contributed by atoms with Crippen LogP contribution >= 0.6 is 0 Å². The third-order valence-corrected chi connectivity index (χ3v) is 10.9. The largest absolute Gasteiger partial charge is 0.504 e. The molecule has 0 aliphatic rings. The van der Waals surface area contributed by atoms with E-state index in [0.717, 1.165) is 48.5 Å². The highest BCUT2D eigenvalue weighted by atomic mass is 16.3.